The largest absolute Gasteiger partial charge is 0.508 e. The van der Waals surface area contributed by atoms with Crippen molar-refractivity contribution in [2.75, 3.05) is 31.1 Å². The molecule has 2 heterocycles. The van der Waals surface area contributed by atoms with Gasteiger partial charge in [0.15, 0.2) is 0 Å². The lowest BCUT2D eigenvalue weighted by Gasteiger charge is -2.30. The summed E-state index contributed by atoms with van der Waals surface area (Å²) < 4.78 is 0. The van der Waals surface area contributed by atoms with Gasteiger partial charge in [0.1, 0.15) is 5.75 Å². The summed E-state index contributed by atoms with van der Waals surface area (Å²) in [5.74, 6) is 0.331. The van der Waals surface area contributed by atoms with E-state index < -0.39 is 0 Å². The van der Waals surface area contributed by atoms with Gasteiger partial charge in [0.2, 0.25) is 5.91 Å². The third-order valence-electron chi connectivity index (χ3n) is 4.26. The van der Waals surface area contributed by atoms with Crippen molar-refractivity contribution >= 4 is 11.6 Å². The van der Waals surface area contributed by atoms with Crippen LogP contribution in [0.3, 0.4) is 0 Å². The van der Waals surface area contributed by atoms with E-state index in [-0.39, 0.29) is 17.7 Å². The Morgan fingerprint density at radius 2 is 2.05 bits per heavy atom. The van der Waals surface area contributed by atoms with Crippen LogP contribution in [-0.4, -0.2) is 48.1 Å². The van der Waals surface area contributed by atoms with Crippen LogP contribution in [0, 0.1) is 0 Å². The molecule has 1 aromatic rings. The first-order chi connectivity index (χ1) is 9.63. The first-order valence-corrected chi connectivity index (χ1v) is 7.23. The van der Waals surface area contributed by atoms with Gasteiger partial charge in [-0.3, -0.25) is 9.69 Å². The van der Waals surface area contributed by atoms with Crippen LogP contribution in [0.25, 0.3) is 0 Å². The van der Waals surface area contributed by atoms with Gasteiger partial charge in [0.05, 0.1) is 12.2 Å². The quantitative estimate of drug-likeness (QED) is 0.834. The molecule has 0 atom stereocenters. The lowest BCUT2D eigenvalue weighted by Crippen LogP contribution is -2.45. The number of amides is 1. The van der Waals surface area contributed by atoms with Crippen LogP contribution < -0.4 is 10.6 Å². The molecule has 0 radical (unpaired) electrons. The van der Waals surface area contributed by atoms with Crippen molar-refractivity contribution in [1.82, 2.24) is 4.90 Å². The monoisotopic (exact) mass is 275 g/mol. The van der Waals surface area contributed by atoms with Crippen molar-refractivity contribution in [1.29, 1.82) is 0 Å². The summed E-state index contributed by atoms with van der Waals surface area (Å²) in [5.41, 5.74) is 7.88. The molecule has 5 heteroatoms. The molecule has 3 N–H and O–H groups in total. The number of nitrogens with two attached hydrogens (primary N) is 1. The molecule has 0 bridgehead atoms. The van der Waals surface area contributed by atoms with Crippen LogP contribution in [0.15, 0.2) is 18.2 Å². The third-order valence-corrected chi connectivity index (χ3v) is 4.26. The Balaban J connectivity index is 1.66. The number of fused-ring (bicyclic) bond motifs is 1. The van der Waals surface area contributed by atoms with Crippen molar-refractivity contribution in [2.24, 2.45) is 5.73 Å². The van der Waals surface area contributed by atoms with E-state index in [0.29, 0.717) is 13.1 Å². The SMILES string of the molecule is NC1CCN(CC(=O)N2CCc3ccc(O)cc32)CC1. The Morgan fingerprint density at radius 3 is 2.80 bits per heavy atom. The van der Waals surface area contributed by atoms with Gasteiger partial charge < -0.3 is 15.7 Å². The highest BCUT2D eigenvalue weighted by Gasteiger charge is 2.27. The molecule has 5 nitrogen and oxygen atoms in total. The number of likely N-dealkylation sites (tertiary alicyclic amines) is 1. The summed E-state index contributed by atoms with van der Waals surface area (Å²) in [7, 11) is 0. The molecule has 0 unspecified atom stereocenters. The highest BCUT2D eigenvalue weighted by Crippen LogP contribution is 2.31. The molecule has 108 valence electrons. The fraction of sp³-hybridized carbons (Fsp3) is 0.533. The topological polar surface area (TPSA) is 69.8 Å². The predicted molar refractivity (Wildman–Crippen MR) is 77.8 cm³/mol. The molecule has 1 saturated heterocycles. The van der Waals surface area contributed by atoms with Crippen molar-refractivity contribution in [3.05, 3.63) is 23.8 Å². The number of aromatic hydroxyl groups is 1. The molecule has 0 aromatic heterocycles. The van der Waals surface area contributed by atoms with Gasteiger partial charge in [-0.2, -0.15) is 0 Å². The number of benzene rings is 1. The first kappa shape index (κ1) is 13.4. The number of rotatable bonds is 2. The lowest BCUT2D eigenvalue weighted by molar-refractivity contribution is -0.119. The molecule has 0 spiro atoms. The number of piperidine rings is 1. The van der Waals surface area contributed by atoms with E-state index in [2.05, 4.69) is 4.90 Å². The van der Waals surface area contributed by atoms with Crippen LogP contribution in [0.4, 0.5) is 5.69 Å². The minimum atomic E-state index is 0.116. The van der Waals surface area contributed by atoms with Crippen molar-refractivity contribution in [2.45, 2.75) is 25.3 Å². The molecule has 1 amide bonds. The standard InChI is InChI=1S/C15H21N3O2/c16-12-4-6-17(7-5-12)10-15(20)18-8-3-11-1-2-13(19)9-14(11)18/h1-2,9,12,19H,3-8,10,16H2. The average molecular weight is 275 g/mol. The maximum atomic E-state index is 12.4. The summed E-state index contributed by atoms with van der Waals surface area (Å²) in [6.07, 6.45) is 2.79. The molecular formula is C15H21N3O2. The Kier molecular flexibility index (Phi) is 3.63. The first-order valence-electron chi connectivity index (χ1n) is 7.23. The van der Waals surface area contributed by atoms with E-state index in [1.165, 1.54) is 0 Å². The second-order valence-corrected chi connectivity index (χ2v) is 5.72. The number of carbonyl (C=O) groups excluding carboxylic acids is 1. The second kappa shape index (κ2) is 5.42. The van der Waals surface area contributed by atoms with Crippen LogP contribution in [0.5, 0.6) is 5.75 Å². The molecule has 1 aromatic carbocycles. The Hall–Kier alpha value is -1.59. The van der Waals surface area contributed by atoms with Gasteiger partial charge in [0, 0.05) is 31.7 Å². The third kappa shape index (κ3) is 2.64. The zero-order valence-electron chi connectivity index (χ0n) is 11.6. The van der Waals surface area contributed by atoms with E-state index in [4.69, 9.17) is 5.73 Å². The highest BCUT2D eigenvalue weighted by molar-refractivity contribution is 5.97. The van der Waals surface area contributed by atoms with Crippen LogP contribution in [0.1, 0.15) is 18.4 Å². The summed E-state index contributed by atoms with van der Waals surface area (Å²) in [4.78, 5) is 16.4. The molecular weight excluding hydrogens is 254 g/mol. The van der Waals surface area contributed by atoms with Gasteiger partial charge in [-0.15, -0.1) is 0 Å². The number of phenolic OH excluding ortho intramolecular Hbond substituents is 1. The second-order valence-electron chi connectivity index (χ2n) is 5.72. The predicted octanol–water partition coefficient (Wildman–Crippen LogP) is 0.704. The summed E-state index contributed by atoms with van der Waals surface area (Å²) >= 11 is 0. The van der Waals surface area contributed by atoms with Crippen LogP contribution in [0.2, 0.25) is 0 Å². The van der Waals surface area contributed by atoms with E-state index in [1.54, 1.807) is 17.0 Å². The molecule has 20 heavy (non-hydrogen) atoms. The maximum absolute atomic E-state index is 12.4. The van der Waals surface area contributed by atoms with Crippen molar-refractivity contribution < 1.29 is 9.90 Å². The number of phenols is 1. The number of carbonyl (C=O) groups is 1. The number of nitrogens with zero attached hydrogens (tertiary/aromatic N) is 2. The van der Waals surface area contributed by atoms with Crippen LogP contribution >= 0.6 is 0 Å². The fourth-order valence-corrected chi connectivity index (χ4v) is 3.01. The van der Waals surface area contributed by atoms with E-state index in [9.17, 15) is 9.90 Å². The van der Waals surface area contributed by atoms with Crippen molar-refractivity contribution in [3.8, 4) is 5.75 Å². The lowest BCUT2D eigenvalue weighted by atomic mass is 10.1. The molecule has 0 aliphatic carbocycles. The zero-order chi connectivity index (χ0) is 14.1. The minimum Gasteiger partial charge on any atom is -0.508 e. The number of anilines is 1. The molecule has 0 saturated carbocycles. The smallest absolute Gasteiger partial charge is 0.241 e. The molecule has 3 rings (SSSR count). The Bertz CT molecular complexity index is 510. The van der Waals surface area contributed by atoms with Gasteiger partial charge in [-0.1, -0.05) is 6.07 Å². The fourth-order valence-electron chi connectivity index (χ4n) is 3.01. The minimum absolute atomic E-state index is 0.116. The molecule has 2 aliphatic heterocycles. The average Bonchev–Trinajstić information content (AvgIpc) is 2.84. The highest BCUT2D eigenvalue weighted by atomic mass is 16.3. The van der Waals surface area contributed by atoms with Crippen LogP contribution in [-0.2, 0) is 11.2 Å². The van der Waals surface area contributed by atoms with Gasteiger partial charge >= 0.3 is 0 Å². The molecule has 2 aliphatic rings. The summed E-state index contributed by atoms with van der Waals surface area (Å²) in [6.45, 7) is 2.95. The summed E-state index contributed by atoms with van der Waals surface area (Å²) in [5, 5.41) is 9.58. The molecule has 1 fully saturated rings. The van der Waals surface area contributed by atoms with E-state index >= 15 is 0 Å². The zero-order valence-corrected chi connectivity index (χ0v) is 11.6. The Morgan fingerprint density at radius 1 is 1.30 bits per heavy atom. The van der Waals surface area contributed by atoms with Gasteiger partial charge in [0.25, 0.3) is 0 Å². The number of hydrogen-bond acceptors (Lipinski definition) is 4. The number of hydrogen-bond donors (Lipinski definition) is 2. The maximum Gasteiger partial charge on any atom is 0.241 e. The van der Waals surface area contributed by atoms with Gasteiger partial charge in [-0.05, 0) is 30.9 Å². The van der Waals surface area contributed by atoms with Gasteiger partial charge in [-0.25, -0.2) is 0 Å². The van der Waals surface area contributed by atoms with Crippen molar-refractivity contribution in [3.63, 3.8) is 0 Å². The Labute approximate surface area is 119 Å². The summed E-state index contributed by atoms with van der Waals surface area (Å²) in [6, 6.07) is 5.55. The van der Waals surface area contributed by atoms with E-state index in [1.807, 2.05) is 6.07 Å². The normalized spacial score (nSPS) is 20.1. The van der Waals surface area contributed by atoms with E-state index in [0.717, 1.165) is 43.6 Å².